The Morgan fingerprint density at radius 1 is 1.31 bits per heavy atom. The molecule has 2 aromatic rings. The normalized spacial score (nSPS) is 10.4. The number of halogens is 2. The van der Waals surface area contributed by atoms with E-state index in [1.54, 1.807) is 25.1 Å². The van der Waals surface area contributed by atoms with Crippen molar-refractivity contribution in [2.24, 2.45) is 0 Å². The zero-order valence-corrected chi connectivity index (χ0v) is 10.0. The summed E-state index contributed by atoms with van der Waals surface area (Å²) in [6, 6.07) is 6.24. The van der Waals surface area contributed by atoms with Crippen LogP contribution in [0.5, 0.6) is 0 Å². The highest BCUT2D eigenvalue weighted by Gasteiger charge is 2.12. The maximum Gasteiger partial charge on any atom is 0.185 e. The van der Waals surface area contributed by atoms with Crippen LogP contribution in [0.15, 0.2) is 33.2 Å². The minimum atomic E-state index is -0.280. The summed E-state index contributed by atoms with van der Waals surface area (Å²) in [6.07, 6.45) is 0.633. The number of furan rings is 1. The molecule has 1 heterocycles. The molecular formula is C12H8BrFO2. The average Bonchev–Trinajstić information content (AvgIpc) is 2.74. The van der Waals surface area contributed by atoms with E-state index in [0.717, 1.165) is 5.56 Å². The lowest BCUT2D eigenvalue weighted by Crippen LogP contribution is -1.87. The summed E-state index contributed by atoms with van der Waals surface area (Å²) in [4.78, 5) is 10.5. The van der Waals surface area contributed by atoms with Crippen molar-refractivity contribution in [3.05, 3.63) is 45.9 Å². The van der Waals surface area contributed by atoms with E-state index in [-0.39, 0.29) is 11.6 Å². The molecule has 0 spiro atoms. The first-order chi connectivity index (χ1) is 7.63. The van der Waals surface area contributed by atoms with Crippen LogP contribution in [0.2, 0.25) is 0 Å². The van der Waals surface area contributed by atoms with Gasteiger partial charge in [0.05, 0.1) is 0 Å². The predicted molar refractivity (Wildman–Crippen MR) is 61.9 cm³/mol. The fraction of sp³-hybridized carbons (Fsp3) is 0.0833. The number of benzene rings is 1. The molecule has 1 aromatic carbocycles. The molecule has 2 rings (SSSR count). The van der Waals surface area contributed by atoms with Gasteiger partial charge in [-0.15, -0.1) is 0 Å². The van der Waals surface area contributed by atoms with Crippen molar-refractivity contribution in [3.63, 3.8) is 0 Å². The molecule has 0 atom stereocenters. The van der Waals surface area contributed by atoms with E-state index in [9.17, 15) is 9.18 Å². The van der Waals surface area contributed by atoms with Crippen LogP contribution in [0.1, 0.15) is 16.1 Å². The topological polar surface area (TPSA) is 30.2 Å². The summed E-state index contributed by atoms with van der Waals surface area (Å²) in [7, 11) is 0. The lowest BCUT2D eigenvalue weighted by atomic mass is 10.1. The average molecular weight is 283 g/mol. The summed E-state index contributed by atoms with van der Waals surface area (Å²) in [5, 5.41) is 0. The Bertz CT molecular complexity index is 546. The van der Waals surface area contributed by atoms with Gasteiger partial charge in [-0.25, -0.2) is 4.39 Å². The Hall–Kier alpha value is -1.42. The molecule has 0 N–H and O–H groups in total. The van der Waals surface area contributed by atoms with Crippen LogP contribution >= 0.6 is 15.9 Å². The lowest BCUT2D eigenvalue weighted by molar-refractivity contribution is 0.110. The molecular weight excluding hydrogens is 275 g/mol. The van der Waals surface area contributed by atoms with E-state index in [1.165, 1.54) is 6.07 Å². The third-order valence-electron chi connectivity index (χ3n) is 2.33. The summed E-state index contributed by atoms with van der Waals surface area (Å²) < 4.78 is 19.1. The molecule has 0 aliphatic carbocycles. The zero-order chi connectivity index (χ0) is 11.7. The molecule has 1 aromatic heterocycles. The maximum atomic E-state index is 13.2. The smallest absolute Gasteiger partial charge is 0.185 e. The van der Waals surface area contributed by atoms with Crippen LogP contribution in [0.25, 0.3) is 11.3 Å². The number of hydrogen-bond acceptors (Lipinski definition) is 2. The fourth-order valence-corrected chi connectivity index (χ4v) is 1.93. The number of hydrogen-bond donors (Lipinski definition) is 0. The maximum absolute atomic E-state index is 13.2. The second-order valence-electron chi connectivity index (χ2n) is 3.35. The molecule has 82 valence electrons. The van der Waals surface area contributed by atoms with Gasteiger partial charge in [-0.05, 0) is 52.7 Å². The van der Waals surface area contributed by atoms with Crippen molar-refractivity contribution >= 4 is 22.2 Å². The van der Waals surface area contributed by atoms with Gasteiger partial charge in [-0.3, -0.25) is 4.79 Å². The van der Waals surface area contributed by atoms with Crippen LogP contribution < -0.4 is 0 Å². The lowest BCUT2D eigenvalue weighted by Gasteiger charge is -2.05. The summed E-state index contributed by atoms with van der Waals surface area (Å²) in [6.45, 7) is 1.67. The minimum Gasteiger partial charge on any atom is -0.453 e. The van der Waals surface area contributed by atoms with Crippen molar-refractivity contribution in [1.82, 2.24) is 0 Å². The number of carbonyl (C=O) groups is 1. The van der Waals surface area contributed by atoms with Gasteiger partial charge in [0.2, 0.25) is 0 Å². The van der Waals surface area contributed by atoms with Crippen LogP contribution in [-0.4, -0.2) is 6.29 Å². The monoisotopic (exact) mass is 282 g/mol. The van der Waals surface area contributed by atoms with Gasteiger partial charge in [0.25, 0.3) is 0 Å². The highest BCUT2D eigenvalue weighted by Crippen LogP contribution is 2.32. The van der Waals surface area contributed by atoms with Crippen LogP contribution in [0.4, 0.5) is 4.39 Å². The van der Waals surface area contributed by atoms with Crippen LogP contribution in [-0.2, 0) is 0 Å². The zero-order valence-electron chi connectivity index (χ0n) is 8.46. The van der Waals surface area contributed by atoms with Gasteiger partial charge in [-0.1, -0.05) is 0 Å². The summed E-state index contributed by atoms with van der Waals surface area (Å²) in [5.41, 5.74) is 1.24. The molecule has 0 saturated heterocycles. The molecule has 4 heteroatoms. The highest BCUT2D eigenvalue weighted by atomic mass is 79.9. The Morgan fingerprint density at radius 2 is 2.06 bits per heavy atom. The molecule has 0 amide bonds. The Balaban J connectivity index is 2.56. The first-order valence-electron chi connectivity index (χ1n) is 4.63. The van der Waals surface area contributed by atoms with Crippen LogP contribution in [0.3, 0.4) is 0 Å². The van der Waals surface area contributed by atoms with E-state index in [4.69, 9.17) is 4.42 Å². The van der Waals surface area contributed by atoms with E-state index in [0.29, 0.717) is 22.1 Å². The molecule has 2 nitrogen and oxygen atoms in total. The molecule has 0 aliphatic rings. The highest BCUT2D eigenvalue weighted by molar-refractivity contribution is 9.10. The quantitative estimate of drug-likeness (QED) is 0.781. The van der Waals surface area contributed by atoms with Gasteiger partial charge in [0.15, 0.2) is 12.0 Å². The molecule has 0 fully saturated rings. The number of carbonyl (C=O) groups excluding carboxylic acids is 1. The minimum absolute atomic E-state index is 0.254. The van der Waals surface area contributed by atoms with Gasteiger partial charge < -0.3 is 4.42 Å². The second kappa shape index (κ2) is 4.22. The number of aldehydes is 1. The fourth-order valence-electron chi connectivity index (χ4n) is 1.41. The van der Waals surface area contributed by atoms with E-state index >= 15 is 0 Å². The molecule has 0 bridgehead atoms. The molecule has 0 saturated carbocycles. The van der Waals surface area contributed by atoms with Gasteiger partial charge in [0, 0.05) is 10.0 Å². The van der Waals surface area contributed by atoms with E-state index in [2.05, 4.69) is 15.9 Å². The summed E-state index contributed by atoms with van der Waals surface area (Å²) in [5.74, 6) is 0.513. The Morgan fingerprint density at radius 3 is 2.69 bits per heavy atom. The number of rotatable bonds is 2. The molecule has 0 aliphatic heterocycles. The standard InChI is InChI=1S/C12H8BrFO2/c1-7-10(14)4-3-9(12(7)13)11-5-2-8(6-15)16-11/h2-6H,1H3. The van der Waals surface area contributed by atoms with Gasteiger partial charge in [-0.2, -0.15) is 0 Å². The third kappa shape index (κ3) is 1.80. The van der Waals surface area contributed by atoms with Crippen LogP contribution in [0, 0.1) is 12.7 Å². The van der Waals surface area contributed by atoms with Gasteiger partial charge in [0.1, 0.15) is 11.6 Å². The molecule has 16 heavy (non-hydrogen) atoms. The predicted octanol–water partition coefficient (Wildman–Crippen LogP) is 3.97. The second-order valence-corrected chi connectivity index (χ2v) is 4.15. The van der Waals surface area contributed by atoms with Crippen molar-refractivity contribution in [2.45, 2.75) is 6.92 Å². The van der Waals surface area contributed by atoms with Crippen molar-refractivity contribution in [2.75, 3.05) is 0 Å². The SMILES string of the molecule is Cc1c(F)ccc(-c2ccc(C=O)o2)c1Br. The Labute approximate surface area is 100 Å². The van der Waals surface area contributed by atoms with Crippen molar-refractivity contribution in [3.8, 4) is 11.3 Å². The van der Waals surface area contributed by atoms with E-state index in [1.807, 2.05) is 0 Å². The largest absolute Gasteiger partial charge is 0.453 e. The van der Waals surface area contributed by atoms with E-state index < -0.39 is 0 Å². The summed E-state index contributed by atoms with van der Waals surface area (Å²) >= 11 is 3.31. The molecule has 0 unspecified atom stereocenters. The molecule has 0 radical (unpaired) electrons. The third-order valence-corrected chi connectivity index (χ3v) is 3.35. The van der Waals surface area contributed by atoms with Gasteiger partial charge >= 0.3 is 0 Å². The van der Waals surface area contributed by atoms with Crippen molar-refractivity contribution in [1.29, 1.82) is 0 Å². The van der Waals surface area contributed by atoms with Crippen molar-refractivity contribution < 1.29 is 13.6 Å². The first kappa shape index (κ1) is 11.1. The Kier molecular flexibility index (Phi) is 2.92. The first-order valence-corrected chi connectivity index (χ1v) is 5.42.